The van der Waals surface area contributed by atoms with Gasteiger partial charge in [0.25, 0.3) is 0 Å². The molecule has 0 aliphatic carbocycles. The fraction of sp³-hybridized carbons (Fsp3) is 0.364. The molecule has 1 N–H and O–H groups in total. The SMILES string of the molecule is CCC(CC)(c1ccc(O)c(Cl)c1)c1ccc(C#C[Si](C)(C)C)c(Cl)c1. The highest BCUT2D eigenvalue weighted by molar-refractivity contribution is 6.83. The molecule has 0 fully saturated rings. The molecule has 0 amide bonds. The monoisotopic (exact) mass is 404 g/mol. The standard InChI is InChI=1S/C22H26Cl2OSi/c1-6-22(7-2,18-10-11-21(25)20(24)15-18)17-9-8-16(19(23)14-17)12-13-26(3,4)5/h8-11,14-15,25H,6-7H2,1-5H3. The first-order valence-corrected chi connectivity index (χ1v) is 13.2. The number of phenols is 1. The van der Waals surface area contributed by atoms with Crippen LogP contribution >= 0.6 is 23.2 Å². The summed E-state index contributed by atoms with van der Waals surface area (Å²) in [6.07, 6.45) is 1.81. The second-order valence-corrected chi connectivity index (χ2v) is 13.2. The number of hydrogen-bond acceptors (Lipinski definition) is 1. The van der Waals surface area contributed by atoms with E-state index in [2.05, 4.69) is 51.0 Å². The summed E-state index contributed by atoms with van der Waals surface area (Å²) in [5.41, 5.74) is 6.28. The first kappa shape index (κ1) is 20.9. The summed E-state index contributed by atoms with van der Waals surface area (Å²) in [5.74, 6) is 3.35. The number of hydrogen-bond donors (Lipinski definition) is 1. The maximum Gasteiger partial charge on any atom is 0.134 e. The molecule has 0 spiro atoms. The maximum atomic E-state index is 9.77. The molecular weight excluding hydrogens is 379 g/mol. The van der Waals surface area contributed by atoms with Crippen molar-refractivity contribution in [1.82, 2.24) is 0 Å². The zero-order valence-corrected chi connectivity index (χ0v) is 18.6. The van der Waals surface area contributed by atoms with Crippen LogP contribution in [0, 0.1) is 11.5 Å². The molecule has 0 radical (unpaired) electrons. The number of benzene rings is 2. The summed E-state index contributed by atoms with van der Waals surface area (Å²) in [6, 6.07) is 11.6. The Hall–Kier alpha value is -1.40. The molecule has 26 heavy (non-hydrogen) atoms. The zero-order valence-electron chi connectivity index (χ0n) is 16.1. The predicted molar refractivity (Wildman–Crippen MR) is 116 cm³/mol. The highest BCUT2D eigenvalue weighted by Crippen LogP contribution is 2.42. The molecule has 2 aromatic rings. The molecule has 4 heteroatoms. The number of halogens is 2. The van der Waals surface area contributed by atoms with Gasteiger partial charge < -0.3 is 5.11 Å². The van der Waals surface area contributed by atoms with Crippen molar-refractivity contribution in [3.8, 4) is 17.2 Å². The molecule has 2 aromatic carbocycles. The molecule has 0 bridgehead atoms. The van der Waals surface area contributed by atoms with E-state index < -0.39 is 8.07 Å². The van der Waals surface area contributed by atoms with Crippen LogP contribution in [0.5, 0.6) is 5.75 Å². The van der Waals surface area contributed by atoms with Gasteiger partial charge in [-0.3, -0.25) is 0 Å². The van der Waals surface area contributed by atoms with Crippen LogP contribution in [0.25, 0.3) is 0 Å². The molecule has 0 atom stereocenters. The molecular formula is C22H26Cl2OSi. The molecule has 1 nitrogen and oxygen atoms in total. The third-order valence-corrected chi connectivity index (χ3v) is 6.29. The van der Waals surface area contributed by atoms with Crippen molar-refractivity contribution in [3.63, 3.8) is 0 Å². The van der Waals surface area contributed by atoms with Crippen LogP contribution in [0.3, 0.4) is 0 Å². The molecule has 0 aliphatic rings. The minimum absolute atomic E-state index is 0.103. The smallest absolute Gasteiger partial charge is 0.134 e. The van der Waals surface area contributed by atoms with Crippen LogP contribution in [-0.4, -0.2) is 13.2 Å². The Labute approximate surface area is 168 Å². The lowest BCUT2D eigenvalue weighted by molar-refractivity contribution is 0.465. The molecule has 0 heterocycles. The summed E-state index contributed by atoms with van der Waals surface area (Å²) in [4.78, 5) is 0. The normalized spacial score (nSPS) is 11.8. The third kappa shape index (κ3) is 4.46. The van der Waals surface area contributed by atoms with Crippen molar-refractivity contribution in [1.29, 1.82) is 0 Å². The zero-order chi connectivity index (χ0) is 19.5. The molecule has 0 aromatic heterocycles. The third-order valence-electron chi connectivity index (χ3n) is 4.80. The lowest BCUT2D eigenvalue weighted by atomic mass is 9.70. The van der Waals surface area contributed by atoms with Gasteiger partial charge in [0.15, 0.2) is 0 Å². The van der Waals surface area contributed by atoms with Crippen molar-refractivity contribution < 1.29 is 5.11 Å². The average molecular weight is 405 g/mol. The van der Waals surface area contributed by atoms with E-state index in [9.17, 15) is 5.11 Å². The van der Waals surface area contributed by atoms with E-state index in [4.69, 9.17) is 23.2 Å². The molecule has 0 unspecified atom stereocenters. The van der Waals surface area contributed by atoms with Gasteiger partial charge in [-0.2, -0.15) is 0 Å². The van der Waals surface area contributed by atoms with Gasteiger partial charge >= 0.3 is 0 Å². The quantitative estimate of drug-likeness (QED) is 0.427. The lowest BCUT2D eigenvalue weighted by Crippen LogP contribution is -2.26. The van der Waals surface area contributed by atoms with Gasteiger partial charge in [-0.15, -0.1) is 5.54 Å². The van der Waals surface area contributed by atoms with E-state index in [1.807, 2.05) is 24.3 Å². The molecule has 2 rings (SSSR count). The van der Waals surface area contributed by atoms with Gasteiger partial charge in [-0.1, -0.05) is 74.7 Å². The summed E-state index contributed by atoms with van der Waals surface area (Å²) in [7, 11) is -1.45. The number of rotatable bonds is 4. The first-order chi connectivity index (χ1) is 12.1. The van der Waals surface area contributed by atoms with Crippen LogP contribution in [0.2, 0.25) is 29.7 Å². The van der Waals surface area contributed by atoms with Crippen molar-refractivity contribution >= 4 is 31.3 Å². The first-order valence-electron chi connectivity index (χ1n) is 8.95. The maximum absolute atomic E-state index is 9.77. The summed E-state index contributed by atoms with van der Waals surface area (Å²) in [5, 5.41) is 10.8. The van der Waals surface area contributed by atoms with Crippen LogP contribution in [-0.2, 0) is 5.41 Å². The van der Waals surface area contributed by atoms with Gasteiger partial charge in [0.2, 0.25) is 0 Å². The Morgan fingerprint density at radius 1 is 0.923 bits per heavy atom. The number of phenolic OH excluding ortho intramolecular Hbond substituents is 1. The molecule has 138 valence electrons. The lowest BCUT2D eigenvalue weighted by Gasteiger charge is -2.33. The fourth-order valence-electron chi connectivity index (χ4n) is 3.21. The average Bonchev–Trinajstić information content (AvgIpc) is 2.58. The van der Waals surface area contributed by atoms with Crippen molar-refractivity contribution in [2.24, 2.45) is 0 Å². The minimum Gasteiger partial charge on any atom is -0.506 e. The van der Waals surface area contributed by atoms with E-state index >= 15 is 0 Å². The van der Waals surface area contributed by atoms with E-state index in [0.717, 1.165) is 29.5 Å². The summed E-state index contributed by atoms with van der Waals surface area (Å²) in [6.45, 7) is 11.0. The topological polar surface area (TPSA) is 20.2 Å². The van der Waals surface area contributed by atoms with Crippen LogP contribution in [0.1, 0.15) is 43.4 Å². The fourth-order valence-corrected chi connectivity index (χ4v) is 4.12. The van der Waals surface area contributed by atoms with Gasteiger partial charge in [-0.05, 0) is 48.2 Å². The van der Waals surface area contributed by atoms with Crippen LogP contribution in [0.4, 0.5) is 0 Å². The van der Waals surface area contributed by atoms with E-state index in [1.165, 1.54) is 0 Å². The second kappa shape index (κ2) is 8.09. The Morgan fingerprint density at radius 2 is 1.46 bits per heavy atom. The summed E-state index contributed by atoms with van der Waals surface area (Å²) < 4.78 is 0. The molecule has 0 saturated carbocycles. The van der Waals surface area contributed by atoms with Crippen LogP contribution < -0.4 is 0 Å². The Morgan fingerprint density at radius 3 is 1.92 bits per heavy atom. The van der Waals surface area contributed by atoms with Crippen molar-refractivity contribution in [2.75, 3.05) is 0 Å². The van der Waals surface area contributed by atoms with E-state index in [0.29, 0.717) is 10.0 Å². The Balaban J connectivity index is 2.55. The largest absolute Gasteiger partial charge is 0.506 e. The number of aromatic hydroxyl groups is 1. The highest BCUT2D eigenvalue weighted by atomic mass is 35.5. The molecule has 0 saturated heterocycles. The Kier molecular flexibility index (Phi) is 6.50. The highest BCUT2D eigenvalue weighted by Gasteiger charge is 2.31. The summed E-state index contributed by atoms with van der Waals surface area (Å²) >= 11 is 12.7. The second-order valence-electron chi connectivity index (χ2n) is 7.65. The van der Waals surface area contributed by atoms with E-state index in [1.54, 1.807) is 6.07 Å². The Bertz CT molecular complexity index is 853. The van der Waals surface area contributed by atoms with Gasteiger partial charge in [0.1, 0.15) is 13.8 Å². The van der Waals surface area contributed by atoms with Crippen LogP contribution in [0.15, 0.2) is 36.4 Å². The van der Waals surface area contributed by atoms with Gasteiger partial charge in [0.05, 0.1) is 10.0 Å². The van der Waals surface area contributed by atoms with Crippen molar-refractivity contribution in [3.05, 3.63) is 63.1 Å². The van der Waals surface area contributed by atoms with Gasteiger partial charge in [0, 0.05) is 11.0 Å². The van der Waals surface area contributed by atoms with E-state index in [-0.39, 0.29) is 11.2 Å². The van der Waals surface area contributed by atoms with Gasteiger partial charge in [-0.25, -0.2) is 0 Å². The molecule has 0 aliphatic heterocycles. The predicted octanol–water partition coefficient (Wildman–Crippen LogP) is 7.03. The minimum atomic E-state index is -1.45. The van der Waals surface area contributed by atoms with Crippen molar-refractivity contribution in [2.45, 2.75) is 51.7 Å².